The van der Waals surface area contributed by atoms with Gasteiger partial charge in [-0.1, -0.05) is 0 Å². The number of imidazole rings is 1. The van der Waals surface area contributed by atoms with E-state index in [1.165, 1.54) is 18.5 Å². The Bertz CT molecular complexity index is 631. The summed E-state index contributed by atoms with van der Waals surface area (Å²) in [6, 6.07) is 17.0. The first-order chi connectivity index (χ1) is 9.22. The number of aromatic nitrogens is 2. The summed E-state index contributed by atoms with van der Waals surface area (Å²) in [7, 11) is 0. The highest BCUT2D eigenvalue weighted by molar-refractivity contribution is 14.1. The molecule has 102 valence electrons. The second-order valence-corrected chi connectivity index (χ2v) is 6.67. The lowest BCUT2D eigenvalue weighted by molar-refractivity contribution is -0.594. The molecule has 0 saturated heterocycles. The van der Waals surface area contributed by atoms with Crippen LogP contribution in [0.5, 0.6) is 0 Å². The van der Waals surface area contributed by atoms with Gasteiger partial charge in [0.15, 0.2) is 0 Å². The van der Waals surface area contributed by atoms with Crippen molar-refractivity contribution in [3.05, 3.63) is 74.4 Å². The van der Waals surface area contributed by atoms with E-state index in [2.05, 4.69) is 122 Å². The predicted octanol–water partition coefficient (Wildman–Crippen LogP) is 0.967. The zero-order chi connectivity index (χ0) is 13.2. The van der Waals surface area contributed by atoms with Crippen LogP contribution in [0.4, 0.5) is 0 Å². The SMILES string of the molecule is Ic1ccc(-n2cc[n+](-c3ccc(I)cc3)c2)cc1.[Br-]. The molecule has 1 aromatic heterocycles. The molecule has 1 heterocycles. The van der Waals surface area contributed by atoms with Crippen LogP contribution in [-0.4, -0.2) is 4.57 Å². The molecule has 0 radical (unpaired) electrons. The molecule has 2 nitrogen and oxygen atoms in total. The summed E-state index contributed by atoms with van der Waals surface area (Å²) in [6.45, 7) is 0. The molecule has 0 N–H and O–H groups in total. The summed E-state index contributed by atoms with van der Waals surface area (Å²) in [5.74, 6) is 0. The molecule has 0 unspecified atom stereocenters. The van der Waals surface area contributed by atoms with Crippen molar-refractivity contribution in [2.45, 2.75) is 0 Å². The summed E-state index contributed by atoms with van der Waals surface area (Å²) in [5.41, 5.74) is 2.34. The van der Waals surface area contributed by atoms with Crippen LogP contribution < -0.4 is 21.5 Å². The minimum absolute atomic E-state index is 0. The monoisotopic (exact) mass is 552 g/mol. The number of hydrogen-bond acceptors (Lipinski definition) is 0. The zero-order valence-corrected chi connectivity index (χ0v) is 16.3. The molecule has 0 aliphatic carbocycles. The van der Waals surface area contributed by atoms with Crippen molar-refractivity contribution >= 4 is 45.2 Å². The molecule has 0 aliphatic heterocycles. The molecule has 20 heavy (non-hydrogen) atoms. The molecular formula is C15H11BrI2N2. The van der Waals surface area contributed by atoms with E-state index in [0.717, 1.165) is 0 Å². The van der Waals surface area contributed by atoms with Gasteiger partial charge in [-0.2, -0.15) is 0 Å². The third-order valence-corrected chi connectivity index (χ3v) is 4.32. The average Bonchev–Trinajstić information content (AvgIpc) is 2.90. The van der Waals surface area contributed by atoms with Crippen molar-refractivity contribution in [2.75, 3.05) is 0 Å². The standard InChI is InChI=1S/C15H11I2N2.BrH/c16-12-1-5-14(6-2-12)18-9-10-19(11-18)15-7-3-13(17)4-8-15;/h1-11H;1H/q+1;/p-1. The van der Waals surface area contributed by atoms with Crippen molar-refractivity contribution in [1.82, 2.24) is 4.57 Å². The van der Waals surface area contributed by atoms with Gasteiger partial charge in [-0.3, -0.25) is 0 Å². The van der Waals surface area contributed by atoms with Crippen molar-refractivity contribution in [3.63, 3.8) is 0 Å². The first-order valence-electron chi connectivity index (χ1n) is 5.83. The zero-order valence-electron chi connectivity index (χ0n) is 10.4. The Kier molecular flexibility index (Phi) is 5.62. The number of hydrogen-bond donors (Lipinski definition) is 0. The molecule has 0 fully saturated rings. The van der Waals surface area contributed by atoms with Crippen LogP contribution in [0.3, 0.4) is 0 Å². The second kappa shape index (κ2) is 7.04. The highest BCUT2D eigenvalue weighted by Crippen LogP contribution is 2.11. The first kappa shape index (κ1) is 16.0. The van der Waals surface area contributed by atoms with Gasteiger partial charge in [0.1, 0.15) is 23.8 Å². The normalized spacial score (nSPS) is 10.1. The Labute approximate surface area is 155 Å². The van der Waals surface area contributed by atoms with Gasteiger partial charge in [0.2, 0.25) is 0 Å². The fourth-order valence-corrected chi connectivity index (χ4v) is 2.61. The summed E-state index contributed by atoms with van der Waals surface area (Å²) in [5, 5.41) is 0. The smallest absolute Gasteiger partial charge is 0.254 e. The Morgan fingerprint density at radius 2 is 1.35 bits per heavy atom. The highest BCUT2D eigenvalue weighted by atomic mass is 127. The predicted molar refractivity (Wildman–Crippen MR) is 92.7 cm³/mol. The molecule has 2 aromatic carbocycles. The van der Waals surface area contributed by atoms with Gasteiger partial charge >= 0.3 is 0 Å². The van der Waals surface area contributed by atoms with Crippen LogP contribution in [0.15, 0.2) is 67.3 Å². The molecule has 3 rings (SSSR count). The van der Waals surface area contributed by atoms with E-state index in [-0.39, 0.29) is 17.0 Å². The largest absolute Gasteiger partial charge is 1.00 e. The van der Waals surface area contributed by atoms with Gasteiger partial charge in [0.25, 0.3) is 6.33 Å². The maximum Gasteiger partial charge on any atom is 0.254 e. The number of rotatable bonds is 2. The number of nitrogens with zero attached hydrogens (tertiary/aromatic N) is 2. The van der Waals surface area contributed by atoms with Crippen molar-refractivity contribution in [2.24, 2.45) is 0 Å². The van der Waals surface area contributed by atoms with E-state index >= 15 is 0 Å². The fraction of sp³-hybridized carbons (Fsp3) is 0. The third kappa shape index (κ3) is 3.62. The molecule has 0 bridgehead atoms. The van der Waals surface area contributed by atoms with Gasteiger partial charge in [-0.15, -0.1) is 0 Å². The Morgan fingerprint density at radius 1 is 0.800 bits per heavy atom. The van der Waals surface area contributed by atoms with E-state index in [1.807, 2.05) is 0 Å². The number of benzene rings is 2. The van der Waals surface area contributed by atoms with Crippen molar-refractivity contribution in [1.29, 1.82) is 0 Å². The minimum Gasteiger partial charge on any atom is -1.00 e. The molecule has 5 heteroatoms. The second-order valence-electron chi connectivity index (χ2n) is 4.18. The quantitative estimate of drug-likeness (QED) is 0.331. The molecule has 0 amide bonds. The van der Waals surface area contributed by atoms with Gasteiger partial charge in [0.05, 0.1) is 0 Å². The third-order valence-electron chi connectivity index (χ3n) is 2.89. The van der Waals surface area contributed by atoms with Gasteiger partial charge in [-0.25, -0.2) is 9.13 Å². The van der Waals surface area contributed by atoms with Gasteiger partial charge < -0.3 is 17.0 Å². The van der Waals surface area contributed by atoms with Gasteiger partial charge in [-0.05, 0) is 93.7 Å². The molecule has 3 aromatic rings. The van der Waals surface area contributed by atoms with E-state index in [1.54, 1.807) is 0 Å². The summed E-state index contributed by atoms with van der Waals surface area (Å²) >= 11 is 4.64. The van der Waals surface area contributed by atoms with Crippen LogP contribution in [0.1, 0.15) is 0 Å². The molecule has 0 atom stereocenters. The highest BCUT2D eigenvalue weighted by Gasteiger charge is 2.08. The van der Waals surface area contributed by atoms with E-state index < -0.39 is 0 Å². The Hall–Kier alpha value is -0.410. The van der Waals surface area contributed by atoms with Gasteiger partial charge in [0, 0.05) is 7.14 Å². The van der Waals surface area contributed by atoms with Crippen LogP contribution in [0, 0.1) is 7.14 Å². The summed E-state index contributed by atoms with van der Waals surface area (Å²) in [6.07, 6.45) is 6.23. The molecular weight excluding hydrogens is 542 g/mol. The topological polar surface area (TPSA) is 8.81 Å². The first-order valence-corrected chi connectivity index (χ1v) is 7.99. The van der Waals surface area contributed by atoms with Crippen molar-refractivity contribution < 1.29 is 21.5 Å². The summed E-state index contributed by atoms with van der Waals surface area (Å²) < 4.78 is 6.74. The summed E-state index contributed by atoms with van der Waals surface area (Å²) in [4.78, 5) is 0. The van der Waals surface area contributed by atoms with Crippen LogP contribution >= 0.6 is 45.2 Å². The molecule has 0 saturated carbocycles. The Balaban J connectivity index is 0.00000147. The van der Waals surface area contributed by atoms with E-state index in [0.29, 0.717) is 0 Å². The Morgan fingerprint density at radius 3 is 1.95 bits per heavy atom. The molecule has 0 spiro atoms. The maximum atomic E-state index is 2.32. The van der Waals surface area contributed by atoms with Crippen LogP contribution in [-0.2, 0) is 0 Å². The number of halogens is 3. The minimum atomic E-state index is 0. The van der Waals surface area contributed by atoms with E-state index in [4.69, 9.17) is 0 Å². The average molecular weight is 553 g/mol. The van der Waals surface area contributed by atoms with E-state index in [9.17, 15) is 0 Å². The van der Waals surface area contributed by atoms with Crippen LogP contribution in [0.25, 0.3) is 11.4 Å². The lowest BCUT2D eigenvalue weighted by Gasteiger charge is -1.97. The fourth-order valence-electron chi connectivity index (χ4n) is 1.89. The van der Waals surface area contributed by atoms with Crippen LogP contribution in [0.2, 0.25) is 0 Å². The lowest BCUT2D eigenvalue weighted by Crippen LogP contribution is -3.00. The molecule has 0 aliphatic rings. The maximum absolute atomic E-state index is 2.32. The van der Waals surface area contributed by atoms with Crippen molar-refractivity contribution in [3.8, 4) is 11.4 Å². The lowest BCUT2D eigenvalue weighted by atomic mass is 10.3.